The summed E-state index contributed by atoms with van der Waals surface area (Å²) in [6.45, 7) is 1.92. The van der Waals surface area contributed by atoms with Gasteiger partial charge < -0.3 is 14.8 Å². The van der Waals surface area contributed by atoms with Gasteiger partial charge in [-0.1, -0.05) is 18.2 Å². The molecule has 2 rings (SSSR count). The van der Waals surface area contributed by atoms with E-state index in [0.717, 1.165) is 16.8 Å². The number of hydrogen-bond acceptors (Lipinski definition) is 4. The number of ether oxygens (including phenoxy) is 2. The predicted molar refractivity (Wildman–Crippen MR) is 90.5 cm³/mol. The standard InChI is InChI=1S/C17H19N3O3/c1-12-6-4-5-7-15(12)19-17(21)20-18-11-13-8-9-14(22-2)10-16(13)23-3/h4-11H,1-3H3,(H2,19,20,21)/b18-11-. The largest absolute Gasteiger partial charge is 0.497 e. The first kappa shape index (κ1) is 16.4. The van der Waals surface area contributed by atoms with Crippen molar-refractivity contribution in [3.8, 4) is 11.5 Å². The molecule has 0 aliphatic rings. The lowest BCUT2D eigenvalue weighted by Gasteiger charge is -2.08. The molecule has 0 bridgehead atoms. The second-order valence-corrected chi connectivity index (χ2v) is 4.75. The minimum absolute atomic E-state index is 0.414. The summed E-state index contributed by atoms with van der Waals surface area (Å²) in [6, 6.07) is 12.4. The van der Waals surface area contributed by atoms with Crippen molar-refractivity contribution in [1.29, 1.82) is 0 Å². The summed E-state index contributed by atoms with van der Waals surface area (Å²) in [4.78, 5) is 11.8. The van der Waals surface area contributed by atoms with Crippen LogP contribution < -0.4 is 20.2 Å². The van der Waals surface area contributed by atoms with Crippen molar-refractivity contribution < 1.29 is 14.3 Å². The Hall–Kier alpha value is -3.02. The molecule has 0 unspecified atom stereocenters. The third-order valence-electron chi connectivity index (χ3n) is 3.20. The zero-order chi connectivity index (χ0) is 16.7. The first-order valence-electron chi connectivity index (χ1n) is 7.01. The molecule has 0 fully saturated rings. The highest BCUT2D eigenvalue weighted by molar-refractivity contribution is 5.91. The van der Waals surface area contributed by atoms with Crippen LogP contribution in [0.4, 0.5) is 10.5 Å². The van der Waals surface area contributed by atoms with Crippen LogP contribution in [0.3, 0.4) is 0 Å². The van der Waals surface area contributed by atoms with E-state index in [9.17, 15) is 4.79 Å². The van der Waals surface area contributed by atoms with Crippen LogP contribution in [0, 0.1) is 6.92 Å². The molecule has 0 spiro atoms. The number of rotatable bonds is 5. The highest BCUT2D eigenvalue weighted by atomic mass is 16.5. The number of benzene rings is 2. The maximum Gasteiger partial charge on any atom is 0.339 e. The van der Waals surface area contributed by atoms with E-state index in [-0.39, 0.29) is 0 Å². The second-order valence-electron chi connectivity index (χ2n) is 4.75. The third-order valence-corrected chi connectivity index (χ3v) is 3.20. The van der Waals surface area contributed by atoms with Crippen LogP contribution in [0.2, 0.25) is 0 Å². The Morgan fingerprint density at radius 1 is 1.13 bits per heavy atom. The SMILES string of the molecule is COc1ccc(/C=N\NC(=O)Nc2ccccc2C)c(OC)c1. The van der Waals surface area contributed by atoms with E-state index in [4.69, 9.17) is 9.47 Å². The fraction of sp³-hybridized carbons (Fsp3) is 0.176. The van der Waals surface area contributed by atoms with Crippen LogP contribution in [0.5, 0.6) is 11.5 Å². The Morgan fingerprint density at radius 3 is 2.61 bits per heavy atom. The minimum Gasteiger partial charge on any atom is -0.497 e. The molecule has 0 aromatic heterocycles. The van der Waals surface area contributed by atoms with Gasteiger partial charge in [-0.25, -0.2) is 10.2 Å². The Bertz CT molecular complexity index is 714. The van der Waals surface area contributed by atoms with Gasteiger partial charge in [0.2, 0.25) is 0 Å². The van der Waals surface area contributed by atoms with Crippen LogP contribution in [0.15, 0.2) is 47.6 Å². The summed E-state index contributed by atoms with van der Waals surface area (Å²) in [7, 11) is 3.14. The molecule has 23 heavy (non-hydrogen) atoms. The molecule has 2 N–H and O–H groups in total. The van der Waals surface area contributed by atoms with Crippen LogP contribution in [-0.4, -0.2) is 26.5 Å². The Balaban J connectivity index is 1.99. The number of hydrazone groups is 1. The number of aryl methyl sites for hydroxylation is 1. The topological polar surface area (TPSA) is 72.0 Å². The lowest BCUT2D eigenvalue weighted by atomic mass is 10.2. The molecule has 0 aliphatic carbocycles. The number of amides is 2. The van der Waals surface area contributed by atoms with E-state index < -0.39 is 6.03 Å². The van der Waals surface area contributed by atoms with Crippen molar-refractivity contribution in [1.82, 2.24) is 5.43 Å². The first-order chi connectivity index (χ1) is 11.1. The zero-order valence-corrected chi connectivity index (χ0v) is 13.3. The third kappa shape index (κ3) is 4.47. The molecule has 0 saturated heterocycles. The van der Waals surface area contributed by atoms with Crippen LogP contribution in [-0.2, 0) is 0 Å². The average molecular weight is 313 g/mol. The number of hydrogen-bond donors (Lipinski definition) is 2. The normalized spacial score (nSPS) is 10.4. The highest BCUT2D eigenvalue weighted by Crippen LogP contribution is 2.23. The van der Waals surface area contributed by atoms with Crippen molar-refractivity contribution >= 4 is 17.9 Å². The summed E-state index contributed by atoms with van der Waals surface area (Å²) in [6.07, 6.45) is 1.51. The number of urea groups is 1. The van der Waals surface area contributed by atoms with Gasteiger partial charge in [0.25, 0.3) is 0 Å². The van der Waals surface area contributed by atoms with E-state index in [1.54, 1.807) is 32.4 Å². The second kappa shape index (κ2) is 7.84. The fourth-order valence-electron chi connectivity index (χ4n) is 1.95. The summed E-state index contributed by atoms with van der Waals surface area (Å²) >= 11 is 0. The van der Waals surface area contributed by atoms with Crippen molar-refractivity contribution in [2.75, 3.05) is 19.5 Å². The molecule has 120 valence electrons. The number of nitrogens with zero attached hydrogens (tertiary/aromatic N) is 1. The van der Waals surface area contributed by atoms with Gasteiger partial charge in [0.15, 0.2) is 0 Å². The van der Waals surface area contributed by atoms with Crippen LogP contribution in [0.1, 0.15) is 11.1 Å². The van der Waals surface area contributed by atoms with Crippen molar-refractivity contribution in [3.63, 3.8) is 0 Å². The predicted octanol–water partition coefficient (Wildman–Crippen LogP) is 3.17. The van der Waals surface area contributed by atoms with E-state index in [1.807, 2.05) is 31.2 Å². The maximum absolute atomic E-state index is 11.8. The van der Waals surface area contributed by atoms with Gasteiger partial charge in [-0.15, -0.1) is 0 Å². The van der Waals surface area contributed by atoms with Gasteiger partial charge >= 0.3 is 6.03 Å². The molecule has 0 heterocycles. The number of carbonyl (C=O) groups excluding carboxylic acids is 1. The fourth-order valence-corrected chi connectivity index (χ4v) is 1.95. The van der Waals surface area contributed by atoms with Crippen molar-refractivity contribution in [2.24, 2.45) is 5.10 Å². The van der Waals surface area contributed by atoms with E-state index in [0.29, 0.717) is 11.5 Å². The highest BCUT2D eigenvalue weighted by Gasteiger charge is 2.04. The van der Waals surface area contributed by atoms with Crippen molar-refractivity contribution in [3.05, 3.63) is 53.6 Å². The first-order valence-corrected chi connectivity index (χ1v) is 7.01. The smallest absolute Gasteiger partial charge is 0.339 e. The number of nitrogens with one attached hydrogen (secondary N) is 2. The average Bonchev–Trinajstić information content (AvgIpc) is 2.57. The van der Waals surface area contributed by atoms with Gasteiger partial charge in [0.05, 0.1) is 20.4 Å². The lowest BCUT2D eigenvalue weighted by Crippen LogP contribution is -2.24. The monoisotopic (exact) mass is 313 g/mol. The molecule has 6 nitrogen and oxygen atoms in total. The number of methoxy groups -OCH3 is 2. The van der Waals surface area contributed by atoms with E-state index in [2.05, 4.69) is 15.8 Å². The molecule has 0 saturated carbocycles. The van der Waals surface area contributed by atoms with E-state index >= 15 is 0 Å². The van der Waals surface area contributed by atoms with Gasteiger partial charge in [-0.05, 0) is 30.7 Å². The maximum atomic E-state index is 11.8. The lowest BCUT2D eigenvalue weighted by molar-refractivity contribution is 0.252. The molecule has 6 heteroatoms. The van der Waals surface area contributed by atoms with Gasteiger partial charge in [-0.2, -0.15) is 5.10 Å². The van der Waals surface area contributed by atoms with Crippen LogP contribution >= 0.6 is 0 Å². The molecule has 2 aromatic carbocycles. The molecular formula is C17H19N3O3. The van der Waals surface area contributed by atoms with Crippen LogP contribution in [0.25, 0.3) is 0 Å². The molecule has 2 aromatic rings. The van der Waals surface area contributed by atoms with Gasteiger partial charge in [-0.3, -0.25) is 0 Å². The molecule has 0 radical (unpaired) electrons. The molecule has 0 aliphatic heterocycles. The summed E-state index contributed by atoms with van der Waals surface area (Å²) in [5, 5.41) is 6.65. The number of anilines is 1. The van der Waals surface area contributed by atoms with Crippen molar-refractivity contribution in [2.45, 2.75) is 6.92 Å². The number of para-hydroxylation sites is 1. The number of carbonyl (C=O) groups is 1. The Labute approximate surface area is 135 Å². The quantitative estimate of drug-likeness (QED) is 0.658. The van der Waals surface area contributed by atoms with Gasteiger partial charge in [0.1, 0.15) is 11.5 Å². The summed E-state index contributed by atoms with van der Waals surface area (Å²) in [5.41, 5.74) is 4.86. The minimum atomic E-state index is -0.414. The zero-order valence-electron chi connectivity index (χ0n) is 13.3. The molecular weight excluding hydrogens is 294 g/mol. The van der Waals surface area contributed by atoms with Gasteiger partial charge in [0, 0.05) is 17.3 Å². The van der Waals surface area contributed by atoms with E-state index in [1.165, 1.54) is 6.21 Å². The Kier molecular flexibility index (Phi) is 5.57. The summed E-state index contributed by atoms with van der Waals surface area (Å²) < 4.78 is 10.4. The Morgan fingerprint density at radius 2 is 1.91 bits per heavy atom. The molecule has 2 amide bonds. The molecule has 0 atom stereocenters. The summed E-state index contributed by atoms with van der Waals surface area (Å²) in [5.74, 6) is 1.29.